The fourth-order valence-corrected chi connectivity index (χ4v) is 2.24. The Kier molecular flexibility index (Phi) is 3.14. The van der Waals surface area contributed by atoms with E-state index < -0.39 is 14.6 Å². The summed E-state index contributed by atoms with van der Waals surface area (Å²) in [6.45, 7) is 3.16. The van der Waals surface area contributed by atoms with Crippen molar-refractivity contribution in [1.29, 1.82) is 0 Å². The lowest BCUT2D eigenvalue weighted by atomic mass is 9.99. The van der Waals surface area contributed by atoms with E-state index in [0.29, 0.717) is 5.56 Å². The fourth-order valence-electron chi connectivity index (χ4n) is 1.77. The molecule has 0 saturated heterocycles. The van der Waals surface area contributed by atoms with Crippen LogP contribution in [0.5, 0.6) is 0 Å². The number of anilines is 1. The molecule has 0 spiro atoms. The predicted octanol–water partition coefficient (Wildman–Crippen LogP) is 2.20. The molecule has 2 rings (SSSR count). The van der Waals surface area contributed by atoms with Crippen molar-refractivity contribution < 1.29 is 12.9 Å². The smallest absolute Gasteiger partial charge is 0.175 e. The van der Waals surface area contributed by atoms with Gasteiger partial charge in [0.2, 0.25) is 0 Å². The molecule has 0 fully saturated rings. The van der Waals surface area contributed by atoms with Gasteiger partial charge in [-0.05, 0) is 19.4 Å². The number of rotatable bonds is 3. The molecule has 0 bridgehead atoms. The van der Waals surface area contributed by atoms with Crippen molar-refractivity contribution in [2.75, 3.05) is 12.0 Å². The largest absolute Gasteiger partial charge is 0.380 e. The lowest BCUT2D eigenvalue weighted by Gasteiger charge is -2.20. The number of nitrogens with two attached hydrogens (primary N) is 1. The zero-order valence-electron chi connectivity index (χ0n) is 11.0. The molecule has 19 heavy (non-hydrogen) atoms. The molecule has 0 aliphatic carbocycles. The van der Waals surface area contributed by atoms with E-state index >= 15 is 0 Å². The standard InChI is InChI=1S/C13H16N2O3S/c1-13(2,19(3,16)17)11-10(12(14)15-18-11)9-7-5-4-6-8-9/h4-8H,1-3H3,(H2,14,15). The van der Waals surface area contributed by atoms with Gasteiger partial charge in [-0.1, -0.05) is 35.5 Å². The van der Waals surface area contributed by atoms with Crippen LogP contribution in [-0.2, 0) is 14.6 Å². The van der Waals surface area contributed by atoms with Crippen molar-refractivity contribution in [2.24, 2.45) is 0 Å². The summed E-state index contributed by atoms with van der Waals surface area (Å²) in [6.07, 6.45) is 1.17. The van der Waals surface area contributed by atoms with Gasteiger partial charge in [0.05, 0.1) is 5.56 Å². The van der Waals surface area contributed by atoms with Gasteiger partial charge in [-0.3, -0.25) is 0 Å². The molecule has 0 saturated carbocycles. The Morgan fingerprint density at radius 3 is 2.32 bits per heavy atom. The minimum atomic E-state index is -3.36. The van der Waals surface area contributed by atoms with E-state index in [1.807, 2.05) is 30.3 Å². The average Bonchev–Trinajstić information content (AvgIpc) is 2.71. The second-order valence-corrected chi connectivity index (χ2v) is 7.49. The number of hydrogen-bond donors (Lipinski definition) is 1. The molecule has 0 aliphatic rings. The van der Waals surface area contributed by atoms with E-state index in [-0.39, 0.29) is 11.6 Å². The summed E-state index contributed by atoms with van der Waals surface area (Å²) in [5.41, 5.74) is 7.14. The highest BCUT2D eigenvalue weighted by Gasteiger charge is 2.39. The second-order valence-electron chi connectivity index (χ2n) is 4.92. The number of aromatic nitrogens is 1. The van der Waals surface area contributed by atoms with E-state index in [2.05, 4.69) is 5.16 Å². The van der Waals surface area contributed by atoms with E-state index in [1.165, 1.54) is 6.26 Å². The van der Waals surface area contributed by atoms with Crippen molar-refractivity contribution >= 4 is 15.7 Å². The van der Waals surface area contributed by atoms with Crippen molar-refractivity contribution in [3.8, 4) is 11.1 Å². The van der Waals surface area contributed by atoms with Crippen molar-refractivity contribution in [3.05, 3.63) is 36.1 Å². The zero-order chi connectivity index (χ0) is 14.3. The van der Waals surface area contributed by atoms with Crippen LogP contribution < -0.4 is 5.73 Å². The Hall–Kier alpha value is -1.82. The first kappa shape index (κ1) is 13.6. The second kappa shape index (κ2) is 4.38. The van der Waals surface area contributed by atoms with Crippen LogP contribution >= 0.6 is 0 Å². The summed E-state index contributed by atoms with van der Waals surface area (Å²) < 4.78 is 27.8. The van der Waals surface area contributed by atoms with Crippen LogP contribution in [0.1, 0.15) is 19.6 Å². The Morgan fingerprint density at radius 2 is 1.79 bits per heavy atom. The van der Waals surface area contributed by atoms with Gasteiger partial charge in [0, 0.05) is 6.26 Å². The molecule has 102 valence electrons. The highest BCUT2D eigenvalue weighted by Crippen LogP contribution is 2.39. The van der Waals surface area contributed by atoms with Crippen LogP contribution in [-0.4, -0.2) is 19.8 Å². The number of nitrogen functional groups attached to an aromatic ring is 1. The summed E-state index contributed by atoms with van der Waals surface area (Å²) in [4.78, 5) is 0. The summed E-state index contributed by atoms with van der Waals surface area (Å²) in [5, 5.41) is 3.71. The number of nitrogens with zero attached hydrogens (tertiary/aromatic N) is 1. The first-order chi connectivity index (χ1) is 8.75. The summed E-state index contributed by atoms with van der Waals surface area (Å²) in [7, 11) is -3.36. The third-order valence-electron chi connectivity index (χ3n) is 3.25. The SMILES string of the molecule is CC(C)(c1onc(N)c1-c1ccccc1)S(C)(=O)=O. The first-order valence-corrected chi connectivity index (χ1v) is 7.65. The highest BCUT2D eigenvalue weighted by atomic mass is 32.2. The molecule has 6 heteroatoms. The molecule has 2 N–H and O–H groups in total. The van der Waals surface area contributed by atoms with E-state index in [0.717, 1.165) is 5.56 Å². The van der Waals surface area contributed by atoms with Crippen LogP contribution in [0.15, 0.2) is 34.9 Å². The molecule has 0 atom stereocenters. The maximum Gasteiger partial charge on any atom is 0.175 e. The van der Waals surface area contributed by atoms with Crippen molar-refractivity contribution in [3.63, 3.8) is 0 Å². The molecule has 1 aromatic heterocycles. The Morgan fingerprint density at radius 1 is 1.21 bits per heavy atom. The molecule has 5 nitrogen and oxygen atoms in total. The Bertz CT molecular complexity index is 688. The quantitative estimate of drug-likeness (QED) is 0.931. The highest BCUT2D eigenvalue weighted by molar-refractivity contribution is 7.91. The first-order valence-electron chi connectivity index (χ1n) is 5.76. The Labute approximate surface area is 112 Å². The lowest BCUT2D eigenvalue weighted by Crippen LogP contribution is -2.28. The van der Waals surface area contributed by atoms with Crippen LogP contribution in [0.25, 0.3) is 11.1 Å². The lowest BCUT2D eigenvalue weighted by molar-refractivity contribution is 0.357. The number of benzene rings is 1. The summed E-state index contributed by atoms with van der Waals surface area (Å²) in [6, 6.07) is 9.24. The van der Waals surface area contributed by atoms with Crippen LogP contribution in [0.2, 0.25) is 0 Å². The van der Waals surface area contributed by atoms with Crippen LogP contribution in [0, 0.1) is 0 Å². The fraction of sp³-hybridized carbons (Fsp3) is 0.308. The van der Waals surface area contributed by atoms with Crippen LogP contribution in [0.4, 0.5) is 5.82 Å². The van der Waals surface area contributed by atoms with E-state index in [9.17, 15) is 8.42 Å². The maximum absolute atomic E-state index is 11.9. The minimum Gasteiger partial charge on any atom is -0.380 e. The molecule has 2 aromatic rings. The number of sulfone groups is 1. The van der Waals surface area contributed by atoms with Gasteiger partial charge < -0.3 is 10.3 Å². The van der Waals surface area contributed by atoms with Crippen LogP contribution in [0.3, 0.4) is 0 Å². The van der Waals surface area contributed by atoms with E-state index in [1.54, 1.807) is 13.8 Å². The third kappa shape index (κ3) is 2.23. The molecule has 0 radical (unpaired) electrons. The average molecular weight is 280 g/mol. The van der Waals surface area contributed by atoms with Crippen molar-refractivity contribution in [2.45, 2.75) is 18.6 Å². The molecule has 0 aliphatic heterocycles. The molecular formula is C13H16N2O3S. The predicted molar refractivity (Wildman–Crippen MR) is 74.2 cm³/mol. The monoisotopic (exact) mass is 280 g/mol. The molecule has 0 unspecified atom stereocenters. The molecule has 1 heterocycles. The Balaban J connectivity index is 2.70. The van der Waals surface area contributed by atoms with Gasteiger partial charge >= 0.3 is 0 Å². The van der Waals surface area contributed by atoms with Gasteiger partial charge in [-0.2, -0.15) is 0 Å². The minimum absolute atomic E-state index is 0.193. The van der Waals surface area contributed by atoms with Gasteiger partial charge in [-0.15, -0.1) is 0 Å². The topological polar surface area (TPSA) is 86.2 Å². The molecule has 0 amide bonds. The summed E-state index contributed by atoms with van der Waals surface area (Å²) >= 11 is 0. The maximum atomic E-state index is 11.9. The van der Waals surface area contributed by atoms with Gasteiger partial charge in [0.1, 0.15) is 4.75 Å². The van der Waals surface area contributed by atoms with Gasteiger partial charge in [0.15, 0.2) is 21.4 Å². The summed E-state index contributed by atoms with van der Waals surface area (Å²) in [5.74, 6) is 0.455. The van der Waals surface area contributed by atoms with Gasteiger partial charge in [-0.25, -0.2) is 8.42 Å². The molecular weight excluding hydrogens is 264 g/mol. The van der Waals surface area contributed by atoms with Crippen molar-refractivity contribution in [1.82, 2.24) is 5.16 Å². The zero-order valence-corrected chi connectivity index (χ0v) is 11.9. The van der Waals surface area contributed by atoms with E-state index in [4.69, 9.17) is 10.3 Å². The third-order valence-corrected chi connectivity index (χ3v) is 5.29. The normalized spacial score (nSPS) is 12.6. The molecule has 1 aromatic carbocycles. The number of hydrogen-bond acceptors (Lipinski definition) is 5. The van der Waals surface area contributed by atoms with Gasteiger partial charge in [0.25, 0.3) is 0 Å².